The molecule has 0 radical (unpaired) electrons. The average molecular weight is 251 g/mol. The fourth-order valence-corrected chi connectivity index (χ4v) is 3.78. The van der Waals surface area contributed by atoms with Crippen LogP contribution in [-0.4, -0.2) is 13.1 Å². The maximum absolute atomic E-state index is 3.61. The van der Waals surface area contributed by atoms with Crippen molar-refractivity contribution in [2.24, 2.45) is 5.92 Å². The summed E-state index contributed by atoms with van der Waals surface area (Å²) < 4.78 is 0. The van der Waals surface area contributed by atoms with E-state index in [2.05, 4.69) is 30.6 Å². The van der Waals surface area contributed by atoms with E-state index in [1.165, 1.54) is 50.1 Å². The molecule has 1 heterocycles. The highest BCUT2D eigenvalue weighted by atomic mass is 32.1. The van der Waals surface area contributed by atoms with Gasteiger partial charge in [-0.15, -0.1) is 11.3 Å². The lowest BCUT2D eigenvalue weighted by Gasteiger charge is -2.31. The summed E-state index contributed by atoms with van der Waals surface area (Å²) in [5.41, 5.74) is 1.61. The van der Waals surface area contributed by atoms with E-state index in [4.69, 9.17) is 0 Å². The number of rotatable bonds is 5. The summed E-state index contributed by atoms with van der Waals surface area (Å²) in [7, 11) is 0. The van der Waals surface area contributed by atoms with E-state index >= 15 is 0 Å². The van der Waals surface area contributed by atoms with Crippen molar-refractivity contribution in [3.63, 3.8) is 0 Å². The van der Waals surface area contributed by atoms with Gasteiger partial charge in [-0.05, 0) is 68.1 Å². The summed E-state index contributed by atoms with van der Waals surface area (Å²) >= 11 is 1.91. The molecule has 1 fully saturated rings. The molecule has 1 nitrogen and oxygen atoms in total. The number of nitrogens with one attached hydrogen (secondary N) is 1. The molecule has 2 heteroatoms. The van der Waals surface area contributed by atoms with Crippen LogP contribution in [0, 0.1) is 12.8 Å². The summed E-state index contributed by atoms with van der Waals surface area (Å²) in [5.74, 6) is 1.68. The molecule has 1 N–H and O–H groups in total. The lowest BCUT2D eigenvalue weighted by molar-refractivity contribution is 0.296. The third-order valence-corrected chi connectivity index (χ3v) is 4.80. The van der Waals surface area contributed by atoms with Gasteiger partial charge in [0, 0.05) is 4.88 Å². The zero-order chi connectivity index (χ0) is 12.1. The molecule has 0 spiro atoms. The van der Waals surface area contributed by atoms with E-state index in [0.29, 0.717) is 0 Å². The van der Waals surface area contributed by atoms with Crippen molar-refractivity contribution in [2.45, 2.75) is 51.9 Å². The molecule has 1 aromatic rings. The zero-order valence-corrected chi connectivity index (χ0v) is 12.0. The van der Waals surface area contributed by atoms with Crippen LogP contribution >= 0.6 is 11.3 Å². The Balaban J connectivity index is 1.96. The quantitative estimate of drug-likeness (QED) is 0.768. The molecule has 0 amide bonds. The second-order valence-electron chi connectivity index (χ2n) is 5.35. The molecule has 2 rings (SSSR count). The van der Waals surface area contributed by atoms with Gasteiger partial charge < -0.3 is 5.32 Å². The fourth-order valence-electron chi connectivity index (χ4n) is 3.01. The third-order valence-electron chi connectivity index (χ3n) is 3.92. The van der Waals surface area contributed by atoms with E-state index < -0.39 is 0 Å². The highest BCUT2D eigenvalue weighted by Gasteiger charge is 2.26. The van der Waals surface area contributed by atoms with Gasteiger partial charge in [0.1, 0.15) is 0 Å². The molecule has 1 aliphatic rings. The number of aryl methyl sites for hydroxylation is 1. The second-order valence-corrected chi connectivity index (χ2v) is 6.46. The SMILES string of the molecule is CCCNCC1CCCCC1c1csc(C)c1. The molecule has 1 saturated carbocycles. The van der Waals surface area contributed by atoms with Crippen LogP contribution in [0.4, 0.5) is 0 Å². The first-order valence-electron chi connectivity index (χ1n) is 7.07. The van der Waals surface area contributed by atoms with Gasteiger partial charge in [-0.3, -0.25) is 0 Å². The Morgan fingerprint density at radius 2 is 2.18 bits per heavy atom. The van der Waals surface area contributed by atoms with Gasteiger partial charge >= 0.3 is 0 Å². The van der Waals surface area contributed by atoms with Crippen molar-refractivity contribution in [3.05, 3.63) is 21.9 Å². The lowest BCUT2D eigenvalue weighted by atomic mass is 9.76. The Labute approximate surface area is 110 Å². The molecule has 1 aromatic heterocycles. The lowest BCUT2D eigenvalue weighted by Crippen LogP contribution is -2.29. The maximum Gasteiger partial charge on any atom is 0.00171 e. The molecule has 0 bridgehead atoms. The Hall–Kier alpha value is -0.340. The minimum Gasteiger partial charge on any atom is -0.316 e. The van der Waals surface area contributed by atoms with Crippen LogP contribution in [0.2, 0.25) is 0 Å². The van der Waals surface area contributed by atoms with E-state index in [1.807, 2.05) is 11.3 Å². The van der Waals surface area contributed by atoms with Crippen molar-refractivity contribution in [1.29, 1.82) is 0 Å². The van der Waals surface area contributed by atoms with Crippen LogP contribution in [0.15, 0.2) is 11.4 Å². The Bertz CT molecular complexity index is 331. The molecule has 0 aromatic carbocycles. The first kappa shape index (κ1) is 13.1. The molecule has 2 atom stereocenters. The van der Waals surface area contributed by atoms with Crippen molar-refractivity contribution >= 4 is 11.3 Å². The molecule has 1 aliphatic carbocycles. The van der Waals surface area contributed by atoms with Crippen molar-refractivity contribution in [1.82, 2.24) is 5.32 Å². The standard InChI is InChI=1S/C15H25NS/c1-3-8-16-10-13-6-4-5-7-15(13)14-9-12(2)17-11-14/h9,11,13,15-16H,3-8,10H2,1-2H3. The van der Waals surface area contributed by atoms with E-state index in [1.54, 1.807) is 5.56 Å². The molecule has 17 heavy (non-hydrogen) atoms. The summed E-state index contributed by atoms with van der Waals surface area (Å²) in [6.07, 6.45) is 6.90. The van der Waals surface area contributed by atoms with Crippen LogP contribution in [0.5, 0.6) is 0 Å². The van der Waals surface area contributed by atoms with Gasteiger partial charge in [0.15, 0.2) is 0 Å². The van der Waals surface area contributed by atoms with Gasteiger partial charge in [-0.1, -0.05) is 19.8 Å². The zero-order valence-electron chi connectivity index (χ0n) is 11.2. The Morgan fingerprint density at radius 1 is 1.35 bits per heavy atom. The summed E-state index contributed by atoms with van der Waals surface area (Å²) in [6, 6.07) is 2.41. The number of hydrogen-bond donors (Lipinski definition) is 1. The summed E-state index contributed by atoms with van der Waals surface area (Å²) in [6.45, 7) is 6.86. The van der Waals surface area contributed by atoms with Gasteiger partial charge in [-0.2, -0.15) is 0 Å². The highest BCUT2D eigenvalue weighted by molar-refractivity contribution is 7.10. The number of thiophene rings is 1. The van der Waals surface area contributed by atoms with Gasteiger partial charge in [0.2, 0.25) is 0 Å². The largest absolute Gasteiger partial charge is 0.316 e. The molecule has 2 unspecified atom stereocenters. The predicted octanol–water partition coefficient (Wildman–Crippen LogP) is 4.33. The first-order valence-corrected chi connectivity index (χ1v) is 7.95. The van der Waals surface area contributed by atoms with Crippen molar-refractivity contribution < 1.29 is 0 Å². The average Bonchev–Trinajstić information content (AvgIpc) is 2.77. The van der Waals surface area contributed by atoms with Crippen LogP contribution in [-0.2, 0) is 0 Å². The van der Waals surface area contributed by atoms with Crippen LogP contribution in [0.3, 0.4) is 0 Å². The van der Waals surface area contributed by atoms with Crippen molar-refractivity contribution in [2.75, 3.05) is 13.1 Å². The topological polar surface area (TPSA) is 12.0 Å². The summed E-state index contributed by atoms with van der Waals surface area (Å²) in [5, 5.41) is 6.00. The van der Waals surface area contributed by atoms with Crippen molar-refractivity contribution in [3.8, 4) is 0 Å². The van der Waals surface area contributed by atoms with Crippen LogP contribution < -0.4 is 5.32 Å². The first-order chi connectivity index (χ1) is 8.31. The molecule has 0 saturated heterocycles. The normalized spacial score (nSPS) is 25.1. The second kappa shape index (κ2) is 6.55. The maximum atomic E-state index is 3.61. The van der Waals surface area contributed by atoms with Gasteiger partial charge in [-0.25, -0.2) is 0 Å². The van der Waals surface area contributed by atoms with Gasteiger partial charge in [0.05, 0.1) is 0 Å². The van der Waals surface area contributed by atoms with E-state index in [9.17, 15) is 0 Å². The molecular formula is C15H25NS. The van der Waals surface area contributed by atoms with E-state index in [0.717, 1.165) is 11.8 Å². The molecule has 96 valence electrons. The van der Waals surface area contributed by atoms with Crippen LogP contribution in [0.1, 0.15) is 55.4 Å². The third kappa shape index (κ3) is 3.56. The summed E-state index contributed by atoms with van der Waals surface area (Å²) in [4.78, 5) is 1.46. The predicted molar refractivity (Wildman–Crippen MR) is 76.9 cm³/mol. The van der Waals surface area contributed by atoms with Gasteiger partial charge in [0.25, 0.3) is 0 Å². The fraction of sp³-hybridized carbons (Fsp3) is 0.733. The monoisotopic (exact) mass is 251 g/mol. The van der Waals surface area contributed by atoms with E-state index in [-0.39, 0.29) is 0 Å². The Kier molecular flexibility index (Phi) is 5.05. The highest BCUT2D eigenvalue weighted by Crippen LogP contribution is 2.38. The minimum absolute atomic E-state index is 0.818. The smallest absolute Gasteiger partial charge is 0.00171 e. The Morgan fingerprint density at radius 3 is 2.88 bits per heavy atom. The van der Waals surface area contributed by atoms with Crippen LogP contribution in [0.25, 0.3) is 0 Å². The minimum atomic E-state index is 0.818. The molecule has 0 aliphatic heterocycles. The molecular weight excluding hydrogens is 226 g/mol. The number of hydrogen-bond acceptors (Lipinski definition) is 2.